The minimum atomic E-state index is -0.170. The molecule has 1 aliphatic heterocycles. The summed E-state index contributed by atoms with van der Waals surface area (Å²) >= 11 is 6.79. The molecule has 3 nitrogen and oxygen atoms in total. The van der Waals surface area contributed by atoms with Gasteiger partial charge in [0.25, 0.3) is 5.91 Å². The first kappa shape index (κ1) is 14.0. The van der Waals surface area contributed by atoms with E-state index in [-0.39, 0.29) is 11.4 Å². The van der Waals surface area contributed by atoms with Crippen LogP contribution in [0.4, 0.5) is 0 Å². The Morgan fingerprint density at radius 3 is 2.67 bits per heavy atom. The lowest BCUT2D eigenvalue weighted by atomic mass is 9.92. The van der Waals surface area contributed by atoms with Gasteiger partial charge in [-0.1, -0.05) is 15.9 Å². The van der Waals surface area contributed by atoms with Gasteiger partial charge in [-0.2, -0.15) is 0 Å². The molecule has 1 aromatic rings. The molecule has 98 valence electrons. The van der Waals surface area contributed by atoms with Crippen molar-refractivity contribution in [2.24, 2.45) is 0 Å². The molecule has 0 unspecified atom stereocenters. The van der Waals surface area contributed by atoms with Gasteiger partial charge in [-0.05, 0) is 53.9 Å². The van der Waals surface area contributed by atoms with E-state index in [1.54, 1.807) is 0 Å². The minimum absolute atomic E-state index is 0.0485. The molecule has 0 aromatic heterocycles. The van der Waals surface area contributed by atoms with Gasteiger partial charge in [0.15, 0.2) is 0 Å². The van der Waals surface area contributed by atoms with Gasteiger partial charge in [-0.15, -0.1) is 0 Å². The number of benzene rings is 1. The third-order valence-electron chi connectivity index (χ3n) is 3.18. The van der Waals surface area contributed by atoms with Crippen LogP contribution in [0.15, 0.2) is 27.1 Å². The van der Waals surface area contributed by atoms with Gasteiger partial charge in [0.1, 0.15) is 0 Å². The third-order valence-corrected chi connectivity index (χ3v) is 4.37. The van der Waals surface area contributed by atoms with Gasteiger partial charge >= 0.3 is 0 Å². The Morgan fingerprint density at radius 1 is 1.33 bits per heavy atom. The predicted octanol–water partition coefficient (Wildman–Crippen LogP) is 3.51. The maximum Gasteiger partial charge on any atom is 0.252 e. The number of hydrogen-bond donors (Lipinski definition) is 1. The SMILES string of the molecule is CC1(NC(=O)c2cc(Br)ccc2Br)CCOCC1. The van der Waals surface area contributed by atoms with Crippen LogP contribution in [-0.2, 0) is 4.74 Å². The number of halogens is 2. The maximum atomic E-state index is 12.3. The molecule has 0 bridgehead atoms. The van der Waals surface area contributed by atoms with Crippen LogP contribution in [0, 0.1) is 0 Å². The smallest absolute Gasteiger partial charge is 0.252 e. The van der Waals surface area contributed by atoms with Crippen molar-refractivity contribution in [3.05, 3.63) is 32.7 Å². The maximum absolute atomic E-state index is 12.3. The van der Waals surface area contributed by atoms with E-state index in [1.807, 2.05) is 18.2 Å². The van der Waals surface area contributed by atoms with Crippen molar-refractivity contribution in [3.8, 4) is 0 Å². The van der Waals surface area contributed by atoms with E-state index in [4.69, 9.17) is 4.74 Å². The molecule has 1 aliphatic rings. The Balaban J connectivity index is 2.14. The molecule has 0 atom stereocenters. The highest BCUT2D eigenvalue weighted by Crippen LogP contribution is 2.24. The van der Waals surface area contributed by atoms with E-state index in [1.165, 1.54) is 0 Å². The molecule has 18 heavy (non-hydrogen) atoms. The second-order valence-electron chi connectivity index (χ2n) is 4.75. The molecule has 0 saturated carbocycles. The zero-order chi connectivity index (χ0) is 13.2. The van der Waals surface area contributed by atoms with Crippen LogP contribution in [0.1, 0.15) is 30.1 Å². The zero-order valence-corrected chi connectivity index (χ0v) is 13.3. The Bertz CT molecular complexity index is 456. The molecule has 0 radical (unpaired) electrons. The molecule has 5 heteroatoms. The van der Waals surface area contributed by atoms with E-state index < -0.39 is 0 Å². The highest BCUT2D eigenvalue weighted by molar-refractivity contribution is 9.11. The molecular weight excluding hydrogens is 362 g/mol. The number of nitrogens with one attached hydrogen (secondary N) is 1. The number of rotatable bonds is 2. The lowest BCUT2D eigenvalue weighted by Gasteiger charge is -2.34. The van der Waals surface area contributed by atoms with Crippen LogP contribution in [0.3, 0.4) is 0 Å². The van der Waals surface area contributed by atoms with Crippen LogP contribution in [0.2, 0.25) is 0 Å². The van der Waals surface area contributed by atoms with Gasteiger partial charge < -0.3 is 10.1 Å². The summed E-state index contributed by atoms with van der Waals surface area (Å²) < 4.78 is 7.03. The molecule has 0 spiro atoms. The van der Waals surface area contributed by atoms with Crippen LogP contribution in [0.5, 0.6) is 0 Å². The molecule has 1 heterocycles. The molecule has 0 aliphatic carbocycles. The van der Waals surface area contributed by atoms with Gasteiger partial charge in [-0.25, -0.2) is 0 Å². The first-order chi connectivity index (χ1) is 8.50. The van der Waals surface area contributed by atoms with E-state index in [9.17, 15) is 4.79 Å². The Kier molecular flexibility index (Phi) is 4.45. The van der Waals surface area contributed by atoms with E-state index in [0.717, 1.165) is 21.8 Å². The minimum Gasteiger partial charge on any atom is -0.381 e. The summed E-state index contributed by atoms with van der Waals surface area (Å²) in [7, 11) is 0. The first-order valence-corrected chi connectivity index (χ1v) is 7.44. The van der Waals surface area contributed by atoms with Crippen molar-refractivity contribution >= 4 is 37.8 Å². The molecule has 1 saturated heterocycles. The summed E-state index contributed by atoms with van der Waals surface area (Å²) in [6.07, 6.45) is 1.70. The summed E-state index contributed by atoms with van der Waals surface area (Å²) in [6.45, 7) is 3.48. The highest BCUT2D eigenvalue weighted by Gasteiger charge is 2.29. The molecule has 2 rings (SSSR count). The number of ether oxygens (including phenoxy) is 1. The first-order valence-electron chi connectivity index (χ1n) is 5.85. The lowest BCUT2D eigenvalue weighted by Crippen LogP contribution is -2.49. The van der Waals surface area contributed by atoms with Gasteiger partial charge in [0.2, 0.25) is 0 Å². The Labute approximate surface area is 124 Å². The lowest BCUT2D eigenvalue weighted by molar-refractivity contribution is 0.0422. The Morgan fingerprint density at radius 2 is 2.00 bits per heavy atom. The standard InChI is InChI=1S/C13H15Br2NO2/c1-13(4-6-18-7-5-13)16-12(17)10-8-9(14)2-3-11(10)15/h2-3,8H,4-7H2,1H3,(H,16,17). The molecule has 1 N–H and O–H groups in total. The number of hydrogen-bond acceptors (Lipinski definition) is 2. The Hall–Kier alpha value is -0.390. The molecule has 1 aromatic carbocycles. The average molecular weight is 377 g/mol. The number of amides is 1. The second-order valence-corrected chi connectivity index (χ2v) is 6.52. The number of carbonyl (C=O) groups is 1. The fourth-order valence-electron chi connectivity index (χ4n) is 1.96. The predicted molar refractivity (Wildman–Crippen MR) is 77.8 cm³/mol. The fraction of sp³-hybridized carbons (Fsp3) is 0.462. The van der Waals surface area contributed by atoms with Crippen molar-refractivity contribution < 1.29 is 9.53 Å². The van der Waals surface area contributed by atoms with Gasteiger partial charge in [0.05, 0.1) is 5.56 Å². The fourth-order valence-corrected chi connectivity index (χ4v) is 2.75. The summed E-state index contributed by atoms with van der Waals surface area (Å²) in [6, 6.07) is 5.59. The van der Waals surface area contributed by atoms with Crippen molar-refractivity contribution in [1.29, 1.82) is 0 Å². The number of carbonyl (C=O) groups excluding carboxylic acids is 1. The van der Waals surface area contributed by atoms with Crippen molar-refractivity contribution in [2.45, 2.75) is 25.3 Å². The van der Waals surface area contributed by atoms with Crippen molar-refractivity contribution in [1.82, 2.24) is 5.32 Å². The van der Waals surface area contributed by atoms with E-state index >= 15 is 0 Å². The van der Waals surface area contributed by atoms with Crippen LogP contribution in [-0.4, -0.2) is 24.7 Å². The van der Waals surface area contributed by atoms with Gasteiger partial charge in [0, 0.05) is 27.7 Å². The summed E-state index contributed by atoms with van der Waals surface area (Å²) in [5.41, 5.74) is 0.481. The van der Waals surface area contributed by atoms with Crippen molar-refractivity contribution in [3.63, 3.8) is 0 Å². The second kappa shape index (κ2) is 5.72. The van der Waals surface area contributed by atoms with Crippen LogP contribution in [0.25, 0.3) is 0 Å². The highest BCUT2D eigenvalue weighted by atomic mass is 79.9. The quantitative estimate of drug-likeness (QED) is 0.857. The van der Waals surface area contributed by atoms with Gasteiger partial charge in [-0.3, -0.25) is 4.79 Å². The van der Waals surface area contributed by atoms with Crippen LogP contribution < -0.4 is 5.32 Å². The molecular formula is C13H15Br2NO2. The van der Waals surface area contributed by atoms with Crippen LogP contribution >= 0.6 is 31.9 Å². The molecule has 1 amide bonds. The molecule has 1 fully saturated rings. The summed E-state index contributed by atoms with van der Waals surface area (Å²) in [5.74, 6) is -0.0485. The monoisotopic (exact) mass is 375 g/mol. The topological polar surface area (TPSA) is 38.3 Å². The normalized spacial score (nSPS) is 18.4. The average Bonchev–Trinajstić information content (AvgIpc) is 2.32. The zero-order valence-electron chi connectivity index (χ0n) is 10.1. The summed E-state index contributed by atoms with van der Waals surface area (Å²) in [5, 5.41) is 3.11. The summed E-state index contributed by atoms with van der Waals surface area (Å²) in [4.78, 5) is 12.3. The largest absolute Gasteiger partial charge is 0.381 e. The van der Waals surface area contributed by atoms with E-state index in [0.29, 0.717) is 18.8 Å². The van der Waals surface area contributed by atoms with Crippen molar-refractivity contribution in [2.75, 3.05) is 13.2 Å². The third kappa shape index (κ3) is 3.33. The van der Waals surface area contributed by atoms with E-state index in [2.05, 4.69) is 44.1 Å².